The Bertz CT molecular complexity index is 159. The van der Waals surface area contributed by atoms with Crippen LogP contribution in [0.1, 0.15) is 32.1 Å². The van der Waals surface area contributed by atoms with Crippen molar-refractivity contribution in [2.24, 2.45) is 0 Å². The molecule has 1 heterocycles. The molecule has 1 saturated carbocycles. The molecule has 2 atom stereocenters. The van der Waals surface area contributed by atoms with E-state index < -0.39 is 6.17 Å². The minimum absolute atomic E-state index is 0.0388. The number of hydrogen-bond acceptors (Lipinski definition) is 2. The van der Waals surface area contributed by atoms with Gasteiger partial charge in [0.05, 0.1) is 19.3 Å². The fourth-order valence-corrected chi connectivity index (χ4v) is 2.25. The first kappa shape index (κ1) is 9.41. The van der Waals surface area contributed by atoms with Crippen molar-refractivity contribution in [3.05, 3.63) is 0 Å². The molecule has 3 heteroatoms. The average molecular weight is 187 g/mol. The Kier molecular flexibility index (Phi) is 3.17. The smallest absolute Gasteiger partial charge is 0.141 e. The van der Waals surface area contributed by atoms with Crippen LogP contribution in [-0.2, 0) is 4.74 Å². The van der Waals surface area contributed by atoms with Gasteiger partial charge in [0.2, 0.25) is 0 Å². The van der Waals surface area contributed by atoms with Crippen LogP contribution in [0.5, 0.6) is 0 Å². The van der Waals surface area contributed by atoms with Crippen molar-refractivity contribution in [3.8, 4) is 0 Å². The van der Waals surface area contributed by atoms with Crippen LogP contribution in [-0.4, -0.2) is 31.5 Å². The highest BCUT2D eigenvalue weighted by Crippen LogP contribution is 2.19. The lowest BCUT2D eigenvalue weighted by Crippen LogP contribution is -2.44. The Hall–Kier alpha value is -0.150. The monoisotopic (exact) mass is 187 g/mol. The van der Waals surface area contributed by atoms with Crippen LogP contribution < -0.4 is 5.32 Å². The van der Waals surface area contributed by atoms with Crippen molar-refractivity contribution in [3.63, 3.8) is 0 Å². The van der Waals surface area contributed by atoms with Gasteiger partial charge in [-0.2, -0.15) is 0 Å². The lowest BCUT2D eigenvalue weighted by Gasteiger charge is -2.26. The third kappa shape index (κ3) is 2.41. The lowest BCUT2D eigenvalue weighted by atomic mass is 9.95. The topological polar surface area (TPSA) is 21.3 Å². The van der Waals surface area contributed by atoms with Crippen LogP contribution in [0.15, 0.2) is 0 Å². The molecule has 2 aliphatic rings. The second-order valence-electron chi connectivity index (χ2n) is 4.16. The Balaban J connectivity index is 1.75. The van der Waals surface area contributed by atoms with Crippen molar-refractivity contribution < 1.29 is 9.13 Å². The fourth-order valence-electron chi connectivity index (χ4n) is 2.25. The van der Waals surface area contributed by atoms with Crippen LogP contribution in [0, 0.1) is 0 Å². The summed E-state index contributed by atoms with van der Waals surface area (Å²) in [6.07, 6.45) is 5.57. The van der Waals surface area contributed by atoms with E-state index in [4.69, 9.17) is 4.74 Å². The van der Waals surface area contributed by atoms with Gasteiger partial charge in [-0.15, -0.1) is 0 Å². The van der Waals surface area contributed by atoms with E-state index in [2.05, 4.69) is 5.32 Å². The van der Waals surface area contributed by atoms with Crippen LogP contribution in [0.4, 0.5) is 4.39 Å². The molecule has 13 heavy (non-hydrogen) atoms. The van der Waals surface area contributed by atoms with Gasteiger partial charge in [-0.05, 0) is 12.8 Å². The standard InChI is InChI=1S/C10H18FNO/c11-9-6-13-7-10(9)12-8-4-2-1-3-5-8/h8-10,12H,1-7H2/t9-,10-/m1/s1. The Morgan fingerprint density at radius 1 is 1.08 bits per heavy atom. The van der Waals surface area contributed by atoms with Crippen molar-refractivity contribution >= 4 is 0 Å². The number of alkyl halides is 1. The van der Waals surface area contributed by atoms with Gasteiger partial charge in [0.1, 0.15) is 6.17 Å². The molecule has 0 spiro atoms. The second-order valence-corrected chi connectivity index (χ2v) is 4.16. The van der Waals surface area contributed by atoms with Gasteiger partial charge in [-0.3, -0.25) is 0 Å². The number of rotatable bonds is 2. The summed E-state index contributed by atoms with van der Waals surface area (Å²) in [4.78, 5) is 0. The van der Waals surface area contributed by atoms with Gasteiger partial charge < -0.3 is 10.1 Å². The largest absolute Gasteiger partial charge is 0.377 e. The zero-order chi connectivity index (χ0) is 9.10. The lowest BCUT2D eigenvalue weighted by molar-refractivity contribution is 0.172. The number of hydrogen-bond donors (Lipinski definition) is 1. The zero-order valence-electron chi connectivity index (χ0n) is 7.97. The average Bonchev–Trinajstić information content (AvgIpc) is 2.54. The molecule has 0 radical (unpaired) electrons. The summed E-state index contributed by atoms with van der Waals surface area (Å²) in [6, 6.07) is 0.502. The van der Waals surface area contributed by atoms with Crippen molar-refractivity contribution in [1.82, 2.24) is 5.32 Å². The van der Waals surface area contributed by atoms with E-state index in [1.54, 1.807) is 0 Å². The zero-order valence-corrected chi connectivity index (χ0v) is 7.97. The van der Waals surface area contributed by atoms with Crippen LogP contribution in [0.3, 0.4) is 0 Å². The third-order valence-electron chi connectivity index (χ3n) is 3.07. The Labute approximate surface area is 78.8 Å². The first-order valence-corrected chi connectivity index (χ1v) is 5.34. The molecule has 1 aliphatic heterocycles. The summed E-state index contributed by atoms with van der Waals surface area (Å²) < 4.78 is 18.2. The Morgan fingerprint density at radius 3 is 2.46 bits per heavy atom. The maximum absolute atomic E-state index is 13.2. The molecule has 1 saturated heterocycles. The first-order chi connectivity index (χ1) is 6.36. The molecule has 0 aromatic carbocycles. The van der Waals surface area contributed by atoms with Crippen LogP contribution in [0.25, 0.3) is 0 Å². The molecule has 0 unspecified atom stereocenters. The summed E-state index contributed by atoms with van der Waals surface area (Å²) in [5, 5.41) is 3.37. The molecular formula is C10H18FNO. The van der Waals surface area contributed by atoms with Crippen molar-refractivity contribution in [2.75, 3.05) is 13.2 Å². The van der Waals surface area contributed by atoms with E-state index in [0.717, 1.165) is 0 Å². The quantitative estimate of drug-likeness (QED) is 0.709. The summed E-state index contributed by atoms with van der Waals surface area (Å²) in [7, 11) is 0. The normalized spacial score (nSPS) is 36.7. The van der Waals surface area contributed by atoms with E-state index in [-0.39, 0.29) is 12.6 Å². The maximum Gasteiger partial charge on any atom is 0.141 e. The van der Waals surface area contributed by atoms with Crippen LogP contribution >= 0.6 is 0 Å². The predicted octanol–water partition coefficient (Wildman–Crippen LogP) is 1.65. The molecule has 1 aliphatic carbocycles. The first-order valence-electron chi connectivity index (χ1n) is 5.34. The summed E-state index contributed by atoms with van der Waals surface area (Å²) in [6.45, 7) is 0.835. The van der Waals surface area contributed by atoms with E-state index in [1.807, 2.05) is 0 Å². The maximum atomic E-state index is 13.2. The fraction of sp³-hybridized carbons (Fsp3) is 1.00. The van der Waals surface area contributed by atoms with Crippen molar-refractivity contribution in [1.29, 1.82) is 0 Å². The molecule has 0 bridgehead atoms. The molecule has 2 nitrogen and oxygen atoms in total. The third-order valence-corrected chi connectivity index (χ3v) is 3.07. The molecule has 0 amide bonds. The van der Waals surface area contributed by atoms with Gasteiger partial charge in [-0.25, -0.2) is 4.39 Å². The summed E-state index contributed by atoms with van der Waals surface area (Å²) in [5.41, 5.74) is 0. The predicted molar refractivity (Wildman–Crippen MR) is 49.5 cm³/mol. The number of ether oxygens (including phenoxy) is 1. The summed E-state index contributed by atoms with van der Waals surface area (Å²) >= 11 is 0. The van der Waals surface area contributed by atoms with Gasteiger partial charge in [-0.1, -0.05) is 19.3 Å². The van der Waals surface area contributed by atoms with Crippen molar-refractivity contribution in [2.45, 2.75) is 50.4 Å². The molecule has 2 rings (SSSR count). The van der Waals surface area contributed by atoms with E-state index in [9.17, 15) is 4.39 Å². The highest BCUT2D eigenvalue weighted by molar-refractivity contribution is 4.85. The molecule has 1 N–H and O–H groups in total. The minimum Gasteiger partial charge on any atom is -0.377 e. The molecule has 0 aromatic rings. The molecule has 2 fully saturated rings. The van der Waals surface area contributed by atoms with Gasteiger partial charge in [0.15, 0.2) is 0 Å². The molecular weight excluding hydrogens is 169 g/mol. The molecule has 76 valence electrons. The van der Waals surface area contributed by atoms with Gasteiger partial charge in [0.25, 0.3) is 0 Å². The SMILES string of the molecule is F[C@@H]1COC[C@H]1NC1CCCCC1. The van der Waals surface area contributed by atoms with Crippen LogP contribution in [0.2, 0.25) is 0 Å². The highest BCUT2D eigenvalue weighted by atomic mass is 19.1. The highest BCUT2D eigenvalue weighted by Gasteiger charge is 2.29. The minimum atomic E-state index is -0.790. The molecule has 0 aromatic heterocycles. The second kappa shape index (κ2) is 4.38. The Morgan fingerprint density at radius 2 is 1.85 bits per heavy atom. The number of halogens is 1. The van der Waals surface area contributed by atoms with Gasteiger partial charge >= 0.3 is 0 Å². The van der Waals surface area contributed by atoms with E-state index in [0.29, 0.717) is 12.6 Å². The van der Waals surface area contributed by atoms with E-state index in [1.165, 1.54) is 32.1 Å². The summed E-state index contributed by atoms with van der Waals surface area (Å²) in [5.74, 6) is 0. The van der Waals surface area contributed by atoms with Gasteiger partial charge in [0, 0.05) is 6.04 Å². The van der Waals surface area contributed by atoms with E-state index >= 15 is 0 Å². The number of nitrogens with one attached hydrogen (secondary N) is 1.